The Bertz CT molecular complexity index is 1230. The summed E-state index contributed by atoms with van der Waals surface area (Å²) in [7, 11) is 0. The molecule has 7 heteroatoms. The minimum absolute atomic E-state index is 0.182. The van der Waals surface area contributed by atoms with Crippen LogP contribution in [0.3, 0.4) is 0 Å². The maximum Gasteiger partial charge on any atom is 0.291 e. The predicted octanol–water partition coefficient (Wildman–Crippen LogP) is 3.55. The molecular formula is C22H21N3O3S. The number of fused-ring (bicyclic) bond motifs is 1. The van der Waals surface area contributed by atoms with Gasteiger partial charge in [-0.1, -0.05) is 36.5 Å². The average Bonchev–Trinajstić information content (AvgIpc) is 3.28. The molecule has 4 rings (SSSR count). The lowest BCUT2D eigenvalue weighted by atomic mass is 10.2. The first-order chi connectivity index (χ1) is 14.2. The Balaban J connectivity index is 1.67. The van der Waals surface area contributed by atoms with Gasteiger partial charge in [0, 0.05) is 11.1 Å². The summed E-state index contributed by atoms with van der Waals surface area (Å²) in [4.78, 5) is 17.9. The molecule has 6 nitrogen and oxygen atoms in total. The molecule has 0 radical (unpaired) electrons. The van der Waals surface area contributed by atoms with Crippen molar-refractivity contribution in [3.05, 3.63) is 69.0 Å². The fourth-order valence-corrected chi connectivity index (χ4v) is 3.80. The van der Waals surface area contributed by atoms with Crippen molar-refractivity contribution in [3.63, 3.8) is 0 Å². The Kier molecular flexibility index (Phi) is 5.57. The minimum Gasteiger partial charge on any atom is -0.494 e. The molecule has 0 aliphatic rings. The maximum absolute atomic E-state index is 12.8. The highest BCUT2D eigenvalue weighted by Crippen LogP contribution is 2.21. The molecule has 0 fully saturated rings. The third-order valence-electron chi connectivity index (χ3n) is 4.27. The Morgan fingerprint density at radius 1 is 1.07 bits per heavy atom. The van der Waals surface area contributed by atoms with Crippen LogP contribution in [0.1, 0.15) is 25.8 Å². The number of nitrogens with zero attached hydrogens (tertiary/aromatic N) is 3. The molecule has 0 amide bonds. The smallest absolute Gasteiger partial charge is 0.291 e. The average molecular weight is 407 g/mol. The zero-order valence-electron chi connectivity index (χ0n) is 16.3. The molecule has 29 heavy (non-hydrogen) atoms. The van der Waals surface area contributed by atoms with Crippen molar-refractivity contribution < 1.29 is 9.47 Å². The topological polar surface area (TPSA) is 65.7 Å². The first-order valence-electron chi connectivity index (χ1n) is 9.56. The molecule has 0 N–H and O–H groups in total. The SMILES string of the molecule is CCCOc1ccc(-c2nc3s/c(=C\c4ccccc4OCC)c(=O)n3n2)cc1. The Hall–Kier alpha value is -3.19. The lowest BCUT2D eigenvalue weighted by Gasteiger charge is -2.05. The van der Waals surface area contributed by atoms with E-state index in [-0.39, 0.29) is 5.56 Å². The minimum atomic E-state index is -0.182. The number of ether oxygens (including phenoxy) is 2. The molecule has 0 aliphatic carbocycles. The predicted molar refractivity (Wildman–Crippen MR) is 115 cm³/mol. The molecule has 0 bridgehead atoms. The number of hydrogen-bond donors (Lipinski definition) is 0. The molecule has 0 aliphatic heterocycles. The summed E-state index contributed by atoms with van der Waals surface area (Å²) in [5, 5.41) is 4.41. The molecule has 4 aromatic rings. The van der Waals surface area contributed by atoms with Gasteiger partial charge < -0.3 is 9.47 Å². The highest BCUT2D eigenvalue weighted by Gasteiger charge is 2.12. The van der Waals surface area contributed by atoms with Gasteiger partial charge in [-0.2, -0.15) is 9.50 Å². The number of aromatic nitrogens is 3. The maximum atomic E-state index is 12.8. The molecule has 0 saturated heterocycles. The first kappa shape index (κ1) is 19.1. The van der Waals surface area contributed by atoms with E-state index in [1.54, 1.807) is 0 Å². The zero-order valence-corrected chi connectivity index (χ0v) is 17.1. The van der Waals surface area contributed by atoms with Crippen LogP contribution in [0.5, 0.6) is 11.5 Å². The molecule has 2 heterocycles. The molecular weight excluding hydrogens is 386 g/mol. The van der Waals surface area contributed by atoms with E-state index in [2.05, 4.69) is 17.0 Å². The van der Waals surface area contributed by atoms with Crippen molar-refractivity contribution in [2.24, 2.45) is 0 Å². The monoisotopic (exact) mass is 407 g/mol. The van der Waals surface area contributed by atoms with E-state index < -0.39 is 0 Å². The summed E-state index contributed by atoms with van der Waals surface area (Å²) >= 11 is 1.32. The normalized spacial score (nSPS) is 11.9. The van der Waals surface area contributed by atoms with Gasteiger partial charge in [-0.25, -0.2) is 0 Å². The second-order valence-corrected chi connectivity index (χ2v) is 7.40. The van der Waals surface area contributed by atoms with Gasteiger partial charge in [-0.15, -0.1) is 5.10 Å². The molecule has 0 spiro atoms. The Morgan fingerprint density at radius 3 is 2.59 bits per heavy atom. The van der Waals surface area contributed by atoms with Crippen LogP contribution in [0, 0.1) is 0 Å². The largest absolute Gasteiger partial charge is 0.494 e. The van der Waals surface area contributed by atoms with Crippen LogP contribution < -0.4 is 19.6 Å². The fourth-order valence-electron chi connectivity index (χ4n) is 2.90. The zero-order chi connectivity index (χ0) is 20.2. The van der Waals surface area contributed by atoms with E-state index in [4.69, 9.17) is 9.47 Å². The number of thiazole rings is 1. The van der Waals surface area contributed by atoms with E-state index >= 15 is 0 Å². The van der Waals surface area contributed by atoms with Crippen LogP contribution in [0.4, 0.5) is 0 Å². The van der Waals surface area contributed by atoms with Crippen LogP contribution in [-0.2, 0) is 0 Å². The number of hydrogen-bond acceptors (Lipinski definition) is 6. The van der Waals surface area contributed by atoms with Gasteiger partial charge in [0.15, 0.2) is 5.82 Å². The van der Waals surface area contributed by atoms with Gasteiger partial charge in [0.25, 0.3) is 5.56 Å². The third kappa shape index (κ3) is 4.00. The Labute approximate surface area is 172 Å². The van der Waals surface area contributed by atoms with E-state index in [1.165, 1.54) is 15.9 Å². The number of para-hydroxylation sites is 1. The van der Waals surface area contributed by atoms with E-state index in [9.17, 15) is 4.79 Å². The van der Waals surface area contributed by atoms with E-state index in [0.717, 1.165) is 29.0 Å². The van der Waals surface area contributed by atoms with Crippen LogP contribution in [-0.4, -0.2) is 27.8 Å². The molecule has 0 saturated carbocycles. The third-order valence-corrected chi connectivity index (χ3v) is 5.23. The quantitative estimate of drug-likeness (QED) is 0.469. The van der Waals surface area contributed by atoms with Crippen molar-refractivity contribution in [2.75, 3.05) is 13.2 Å². The lowest BCUT2D eigenvalue weighted by Crippen LogP contribution is -2.23. The second-order valence-electron chi connectivity index (χ2n) is 6.39. The highest BCUT2D eigenvalue weighted by molar-refractivity contribution is 7.15. The van der Waals surface area contributed by atoms with Crippen LogP contribution >= 0.6 is 11.3 Å². The van der Waals surface area contributed by atoms with Gasteiger partial charge in [0.05, 0.1) is 17.7 Å². The van der Waals surface area contributed by atoms with Gasteiger partial charge in [-0.3, -0.25) is 4.79 Å². The van der Waals surface area contributed by atoms with Crippen molar-refractivity contribution in [2.45, 2.75) is 20.3 Å². The summed E-state index contributed by atoms with van der Waals surface area (Å²) < 4.78 is 13.2. The fraction of sp³-hybridized carbons (Fsp3) is 0.227. The number of benzene rings is 2. The van der Waals surface area contributed by atoms with Gasteiger partial charge >= 0.3 is 0 Å². The standard InChI is InChI=1S/C22H21N3O3S/c1-3-13-28-17-11-9-15(10-12-17)20-23-22-25(24-20)21(26)19(29-22)14-16-7-5-6-8-18(16)27-4-2/h5-12,14H,3-4,13H2,1-2H3/b19-14-. The van der Waals surface area contributed by atoms with Crippen molar-refractivity contribution in [3.8, 4) is 22.9 Å². The van der Waals surface area contributed by atoms with Gasteiger partial charge in [0.1, 0.15) is 11.5 Å². The van der Waals surface area contributed by atoms with Gasteiger partial charge in [-0.05, 0) is 49.8 Å². The molecule has 148 valence electrons. The van der Waals surface area contributed by atoms with Gasteiger partial charge in [0.2, 0.25) is 4.96 Å². The highest BCUT2D eigenvalue weighted by atomic mass is 32.1. The summed E-state index contributed by atoms with van der Waals surface area (Å²) in [6.45, 7) is 5.25. The molecule has 0 unspecified atom stereocenters. The molecule has 2 aromatic heterocycles. The number of rotatable bonds is 7. The summed E-state index contributed by atoms with van der Waals surface area (Å²) in [6, 6.07) is 15.2. The summed E-state index contributed by atoms with van der Waals surface area (Å²) in [5.41, 5.74) is 1.52. The van der Waals surface area contributed by atoms with E-state index in [0.29, 0.717) is 28.5 Å². The molecule has 2 aromatic carbocycles. The van der Waals surface area contributed by atoms with Crippen LogP contribution in [0.15, 0.2) is 53.3 Å². The van der Waals surface area contributed by atoms with E-state index in [1.807, 2.05) is 61.5 Å². The lowest BCUT2D eigenvalue weighted by molar-refractivity contribution is 0.317. The summed E-state index contributed by atoms with van der Waals surface area (Å²) in [5.74, 6) is 2.09. The first-order valence-corrected chi connectivity index (χ1v) is 10.4. The van der Waals surface area contributed by atoms with Crippen LogP contribution in [0.25, 0.3) is 22.4 Å². The molecule has 0 atom stereocenters. The van der Waals surface area contributed by atoms with Crippen molar-refractivity contribution in [1.82, 2.24) is 14.6 Å². The van der Waals surface area contributed by atoms with Crippen LogP contribution in [0.2, 0.25) is 0 Å². The summed E-state index contributed by atoms with van der Waals surface area (Å²) in [6.07, 6.45) is 2.79. The Morgan fingerprint density at radius 2 is 1.86 bits per heavy atom. The van der Waals surface area contributed by atoms with Crippen molar-refractivity contribution in [1.29, 1.82) is 0 Å². The second kappa shape index (κ2) is 8.45. The van der Waals surface area contributed by atoms with Crippen molar-refractivity contribution >= 4 is 22.4 Å².